The molecule has 0 saturated carbocycles. The van der Waals surface area contributed by atoms with Crippen molar-refractivity contribution in [2.45, 2.75) is 26.2 Å². The van der Waals surface area contributed by atoms with Gasteiger partial charge >= 0.3 is 0 Å². The Kier molecular flexibility index (Phi) is 6.19. The first kappa shape index (κ1) is 23.0. The maximum Gasteiger partial charge on any atom is 0.165 e. The van der Waals surface area contributed by atoms with Crippen LogP contribution < -0.4 is 4.90 Å². The molecule has 0 N–H and O–H groups in total. The molecule has 0 amide bonds. The van der Waals surface area contributed by atoms with Crippen LogP contribution in [-0.2, 0) is 10.2 Å². The molecule has 1 saturated heterocycles. The summed E-state index contributed by atoms with van der Waals surface area (Å²) < 4.78 is 5.60. The first-order valence-corrected chi connectivity index (χ1v) is 12.1. The topological polar surface area (TPSA) is 51.1 Å². The van der Waals surface area contributed by atoms with Crippen LogP contribution in [0.5, 0.6) is 0 Å². The van der Waals surface area contributed by atoms with E-state index >= 15 is 0 Å². The summed E-state index contributed by atoms with van der Waals surface area (Å²) in [6, 6.07) is 17.7. The zero-order valence-electron chi connectivity index (χ0n) is 19.5. The molecule has 4 aromatic rings. The summed E-state index contributed by atoms with van der Waals surface area (Å²) in [5, 5.41) is 2.24. The fourth-order valence-corrected chi connectivity index (χ4v) is 4.45. The Morgan fingerprint density at radius 2 is 1.56 bits per heavy atom. The van der Waals surface area contributed by atoms with Crippen LogP contribution in [-0.4, -0.2) is 41.3 Å². The van der Waals surface area contributed by atoms with E-state index < -0.39 is 0 Å². The van der Waals surface area contributed by atoms with Gasteiger partial charge in [-0.3, -0.25) is 0 Å². The highest BCUT2D eigenvalue weighted by Gasteiger charge is 2.25. The molecule has 174 valence electrons. The van der Waals surface area contributed by atoms with Crippen LogP contribution in [0.15, 0.2) is 54.6 Å². The maximum absolute atomic E-state index is 6.64. The Morgan fingerprint density at radius 1 is 0.853 bits per heavy atom. The number of halogens is 2. The number of fused-ring (bicyclic) bond motifs is 1. The summed E-state index contributed by atoms with van der Waals surface area (Å²) in [6.45, 7) is 9.25. The molecular formula is C27H26Cl2N4O. The number of pyridine rings is 1. The molecule has 0 atom stereocenters. The molecular weight excluding hydrogens is 467 g/mol. The van der Waals surface area contributed by atoms with Crippen LogP contribution in [0.1, 0.15) is 26.6 Å². The predicted octanol–water partition coefficient (Wildman–Crippen LogP) is 6.80. The molecule has 7 heteroatoms. The number of morpholine rings is 1. The van der Waals surface area contributed by atoms with E-state index in [1.165, 1.54) is 0 Å². The second kappa shape index (κ2) is 9.14. The molecule has 0 spiro atoms. The number of anilines is 1. The van der Waals surface area contributed by atoms with Gasteiger partial charge in [0.1, 0.15) is 11.6 Å². The summed E-state index contributed by atoms with van der Waals surface area (Å²) in [7, 11) is 0. The van der Waals surface area contributed by atoms with Crippen molar-refractivity contribution in [1.29, 1.82) is 0 Å². The van der Waals surface area contributed by atoms with E-state index in [1.807, 2.05) is 48.5 Å². The fraction of sp³-hybridized carbons (Fsp3) is 0.296. The Balaban J connectivity index is 1.83. The minimum absolute atomic E-state index is 0.226. The molecule has 0 radical (unpaired) electrons. The molecule has 1 aliphatic heterocycles. The summed E-state index contributed by atoms with van der Waals surface area (Å²) >= 11 is 12.8. The molecule has 1 fully saturated rings. The van der Waals surface area contributed by atoms with E-state index in [1.54, 1.807) is 0 Å². The van der Waals surface area contributed by atoms with Crippen LogP contribution >= 0.6 is 23.2 Å². The van der Waals surface area contributed by atoms with Gasteiger partial charge in [0.2, 0.25) is 0 Å². The van der Waals surface area contributed by atoms with Gasteiger partial charge in [-0.25, -0.2) is 15.0 Å². The van der Waals surface area contributed by atoms with Gasteiger partial charge in [-0.2, -0.15) is 0 Å². The second-order valence-electron chi connectivity index (χ2n) is 9.46. The Morgan fingerprint density at radius 3 is 2.24 bits per heavy atom. The fourth-order valence-electron chi connectivity index (χ4n) is 4.10. The minimum atomic E-state index is -0.226. The number of hydrogen-bond donors (Lipinski definition) is 0. The molecule has 2 aromatic carbocycles. The summed E-state index contributed by atoms with van der Waals surface area (Å²) in [6.07, 6.45) is 0. The number of benzene rings is 2. The lowest BCUT2D eigenvalue weighted by Gasteiger charge is -2.30. The summed E-state index contributed by atoms with van der Waals surface area (Å²) in [4.78, 5) is 17.3. The van der Waals surface area contributed by atoms with Crippen molar-refractivity contribution in [2.24, 2.45) is 0 Å². The zero-order valence-corrected chi connectivity index (χ0v) is 21.0. The van der Waals surface area contributed by atoms with Crippen molar-refractivity contribution in [1.82, 2.24) is 15.0 Å². The standard InChI is InChI=1S/C27H26Cl2N4O/c1-27(2,3)26-31-24-21(25(32-26)33-12-14-34-15-13-33)16-20(17-8-10-18(28)11-9-17)23(30-24)19-6-4-5-7-22(19)29/h4-11,16H,12-15H2,1-3H3. The van der Waals surface area contributed by atoms with Crippen molar-refractivity contribution in [3.8, 4) is 22.4 Å². The first-order valence-electron chi connectivity index (χ1n) is 11.4. The highest BCUT2D eigenvalue weighted by Crippen LogP contribution is 2.39. The lowest BCUT2D eigenvalue weighted by Crippen LogP contribution is -2.37. The Labute approximate surface area is 209 Å². The van der Waals surface area contributed by atoms with Gasteiger partial charge in [0, 0.05) is 39.7 Å². The van der Waals surface area contributed by atoms with Crippen molar-refractivity contribution in [3.63, 3.8) is 0 Å². The van der Waals surface area contributed by atoms with E-state index in [2.05, 4.69) is 31.7 Å². The van der Waals surface area contributed by atoms with Crippen LogP contribution in [0.25, 0.3) is 33.4 Å². The third-order valence-corrected chi connectivity index (χ3v) is 6.51. The number of rotatable bonds is 3. The third-order valence-electron chi connectivity index (χ3n) is 5.93. The third kappa shape index (κ3) is 4.48. The van der Waals surface area contributed by atoms with Gasteiger partial charge in [0.25, 0.3) is 0 Å². The van der Waals surface area contributed by atoms with E-state index in [9.17, 15) is 0 Å². The normalized spacial score (nSPS) is 14.6. The predicted molar refractivity (Wildman–Crippen MR) is 140 cm³/mol. The molecule has 5 nitrogen and oxygen atoms in total. The van der Waals surface area contributed by atoms with Gasteiger partial charge in [0.05, 0.1) is 24.3 Å². The lowest BCUT2D eigenvalue weighted by molar-refractivity contribution is 0.122. The molecule has 1 aliphatic rings. The Hall–Kier alpha value is -2.73. The SMILES string of the molecule is CC(C)(C)c1nc(N2CCOCC2)c2cc(-c3ccc(Cl)cc3)c(-c3ccccc3Cl)nc2n1. The number of nitrogens with zero attached hydrogens (tertiary/aromatic N) is 4. The second-order valence-corrected chi connectivity index (χ2v) is 10.3. The largest absolute Gasteiger partial charge is 0.378 e. The van der Waals surface area contributed by atoms with Crippen molar-refractivity contribution < 1.29 is 4.74 Å². The van der Waals surface area contributed by atoms with Crippen molar-refractivity contribution in [3.05, 3.63) is 70.5 Å². The average molecular weight is 493 g/mol. The highest BCUT2D eigenvalue weighted by atomic mass is 35.5. The molecule has 2 aromatic heterocycles. The van der Waals surface area contributed by atoms with E-state index in [-0.39, 0.29) is 5.41 Å². The molecule has 5 rings (SSSR count). The summed E-state index contributed by atoms with van der Waals surface area (Å²) in [5.74, 6) is 1.66. The van der Waals surface area contributed by atoms with E-state index in [0.717, 1.165) is 52.5 Å². The number of ether oxygens (including phenoxy) is 1. The van der Waals surface area contributed by atoms with Crippen LogP contribution in [0.3, 0.4) is 0 Å². The van der Waals surface area contributed by atoms with Gasteiger partial charge < -0.3 is 9.64 Å². The monoisotopic (exact) mass is 492 g/mol. The zero-order chi connectivity index (χ0) is 23.9. The van der Waals surface area contributed by atoms with Crippen molar-refractivity contribution in [2.75, 3.05) is 31.2 Å². The van der Waals surface area contributed by atoms with Gasteiger partial charge in [0.15, 0.2) is 5.65 Å². The smallest absolute Gasteiger partial charge is 0.165 e. The quantitative estimate of drug-likeness (QED) is 0.314. The first-order chi connectivity index (χ1) is 16.3. The number of aromatic nitrogens is 3. The molecule has 0 bridgehead atoms. The minimum Gasteiger partial charge on any atom is -0.378 e. The van der Waals surface area contributed by atoms with Gasteiger partial charge in [-0.05, 0) is 29.8 Å². The van der Waals surface area contributed by atoms with Crippen LogP contribution in [0.4, 0.5) is 5.82 Å². The molecule has 34 heavy (non-hydrogen) atoms. The van der Waals surface area contributed by atoms with Gasteiger partial charge in [-0.1, -0.05) is 74.3 Å². The molecule has 3 heterocycles. The lowest BCUT2D eigenvalue weighted by atomic mass is 9.95. The average Bonchev–Trinajstić information content (AvgIpc) is 2.83. The highest BCUT2D eigenvalue weighted by molar-refractivity contribution is 6.33. The van der Waals surface area contributed by atoms with E-state index in [4.69, 9.17) is 42.9 Å². The summed E-state index contributed by atoms with van der Waals surface area (Å²) in [5.41, 5.74) is 4.04. The Bertz CT molecular complexity index is 1340. The van der Waals surface area contributed by atoms with E-state index in [0.29, 0.717) is 28.9 Å². The number of hydrogen-bond acceptors (Lipinski definition) is 5. The van der Waals surface area contributed by atoms with Crippen LogP contribution in [0.2, 0.25) is 10.0 Å². The molecule has 0 aliphatic carbocycles. The van der Waals surface area contributed by atoms with Crippen LogP contribution in [0, 0.1) is 0 Å². The maximum atomic E-state index is 6.64. The van der Waals surface area contributed by atoms with Crippen molar-refractivity contribution >= 4 is 40.1 Å². The van der Waals surface area contributed by atoms with Gasteiger partial charge in [-0.15, -0.1) is 0 Å². The molecule has 0 unspecified atom stereocenters.